The Hall–Kier alpha value is -3.18. The van der Waals surface area contributed by atoms with Crippen molar-refractivity contribution in [1.29, 1.82) is 0 Å². The molecule has 0 unspecified atom stereocenters. The third-order valence-corrected chi connectivity index (χ3v) is 8.47. The maximum Gasteiger partial charge on any atom is 0.239 e. The summed E-state index contributed by atoms with van der Waals surface area (Å²) in [6.45, 7) is 0. The fourth-order valence-corrected chi connectivity index (χ4v) is 7.58. The molecule has 3 aliphatic rings. The largest absolute Gasteiger partial charge is 0.294 e. The van der Waals surface area contributed by atoms with Crippen LogP contribution < -0.4 is 4.31 Å². The Bertz CT molecular complexity index is 1340. The van der Waals surface area contributed by atoms with E-state index in [0.717, 1.165) is 22.4 Å². The number of carbonyl (C=O) groups excluding carboxylic acids is 1. The Balaban J connectivity index is 1.73. The third kappa shape index (κ3) is 2.10. The van der Waals surface area contributed by atoms with Crippen molar-refractivity contribution in [2.75, 3.05) is 10.1 Å². The van der Waals surface area contributed by atoms with E-state index in [0.29, 0.717) is 11.3 Å². The molecule has 3 aromatic carbocycles. The van der Waals surface area contributed by atoms with E-state index in [-0.39, 0.29) is 23.9 Å². The number of rotatable bonds is 1. The zero-order valence-electron chi connectivity index (χ0n) is 16.2. The molecule has 2 aliphatic carbocycles. The van der Waals surface area contributed by atoms with Crippen LogP contribution in [-0.2, 0) is 15.4 Å². The first-order valence-corrected chi connectivity index (χ1v) is 11.7. The van der Waals surface area contributed by atoms with Crippen molar-refractivity contribution in [3.8, 4) is 0 Å². The second-order valence-corrected chi connectivity index (χ2v) is 10.0. The number of hydrogen-bond donors (Lipinski definition) is 0. The van der Waals surface area contributed by atoms with Gasteiger partial charge >= 0.3 is 0 Å². The van der Waals surface area contributed by atoms with E-state index in [4.69, 9.17) is 0 Å². The van der Waals surface area contributed by atoms with Gasteiger partial charge in [0.25, 0.3) is 0 Å². The Morgan fingerprint density at radius 1 is 0.833 bits per heavy atom. The minimum absolute atomic E-state index is 0.0216. The molecule has 1 aliphatic heterocycles. The van der Waals surface area contributed by atoms with Crippen LogP contribution >= 0.6 is 0 Å². The van der Waals surface area contributed by atoms with Crippen LogP contribution in [0.4, 0.5) is 5.69 Å². The fraction of sp³-hybridized carbons (Fsp3) is 0.160. The number of carbonyl (C=O) groups is 1. The van der Waals surface area contributed by atoms with Gasteiger partial charge < -0.3 is 0 Å². The second kappa shape index (κ2) is 5.92. The van der Waals surface area contributed by atoms with Crippen molar-refractivity contribution in [1.82, 2.24) is 0 Å². The summed E-state index contributed by atoms with van der Waals surface area (Å²) in [6.07, 6.45) is 2.23. The van der Waals surface area contributed by atoms with Gasteiger partial charge in [-0.15, -0.1) is 0 Å². The molecule has 0 bridgehead atoms. The van der Waals surface area contributed by atoms with Crippen molar-refractivity contribution in [3.05, 3.63) is 107 Å². The van der Waals surface area contributed by atoms with Crippen LogP contribution in [-0.4, -0.2) is 20.0 Å². The molecule has 0 N–H and O–H groups in total. The summed E-state index contributed by atoms with van der Waals surface area (Å²) >= 11 is 0. The summed E-state index contributed by atoms with van der Waals surface area (Å²) < 4.78 is 28.5. The smallest absolute Gasteiger partial charge is 0.239 e. The molecule has 6 rings (SSSR count). The highest BCUT2D eigenvalue weighted by molar-refractivity contribution is 7.93. The molecule has 4 nitrogen and oxygen atoms in total. The van der Waals surface area contributed by atoms with Crippen LogP contribution in [0.15, 0.2) is 84.6 Å². The monoisotopic (exact) mass is 413 g/mol. The minimum atomic E-state index is -3.64. The number of anilines is 1. The van der Waals surface area contributed by atoms with Crippen LogP contribution in [0.1, 0.15) is 33.5 Å². The lowest BCUT2D eigenvalue weighted by molar-refractivity contribution is 0.0932. The van der Waals surface area contributed by atoms with Gasteiger partial charge in [-0.05, 0) is 34.9 Å². The normalized spacial score (nSPS) is 25.6. The average molecular weight is 413 g/mol. The average Bonchev–Trinajstić information content (AvgIpc) is 3.08. The Morgan fingerprint density at radius 3 is 2.30 bits per heavy atom. The van der Waals surface area contributed by atoms with Crippen molar-refractivity contribution in [2.45, 2.75) is 11.8 Å². The van der Waals surface area contributed by atoms with E-state index in [1.165, 1.54) is 4.31 Å². The first kappa shape index (κ1) is 17.7. The van der Waals surface area contributed by atoms with Crippen molar-refractivity contribution >= 4 is 27.6 Å². The number of ketones is 1. The Labute approximate surface area is 175 Å². The molecule has 1 saturated heterocycles. The van der Waals surface area contributed by atoms with E-state index in [2.05, 4.69) is 6.07 Å². The maximum absolute atomic E-state index is 13.5. The summed E-state index contributed by atoms with van der Waals surface area (Å²) in [6, 6.07) is 25.0. The van der Waals surface area contributed by atoms with E-state index in [9.17, 15) is 13.2 Å². The quantitative estimate of drug-likeness (QED) is 0.595. The predicted octanol–water partition coefficient (Wildman–Crippen LogP) is 4.38. The highest BCUT2D eigenvalue weighted by Gasteiger charge is 2.60. The molecular weight excluding hydrogens is 394 g/mol. The molecular formula is C25H19NO3S. The van der Waals surface area contributed by atoms with Crippen LogP contribution in [0.5, 0.6) is 0 Å². The van der Waals surface area contributed by atoms with E-state index < -0.39 is 15.4 Å². The first-order valence-electron chi connectivity index (χ1n) is 10.1. The molecule has 30 heavy (non-hydrogen) atoms. The molecule has 1 fully saturated rings. The van der Waals surface area contributed by atoms with Gasteiger partial charge in [-0.1, -0.05) is 66.7 Å². The van der Waals surface area contributed by atoms with Crippen LogP contribution in [0.3, 0.4) is 0 Å². The highest BCUT2D eigenvalue weighted by atomic mass is 32.2. The van der Waals surface area contributed by atoms with Crippen LogP contribution in [0, 0.1) is 5.92 Å². The fourth-order valence-electron chi connectivity index (χ4n) is 5.61. The van der Waals surface area contributed by atoms with Gasteiger partial charge in [0.05, 0.1) is 22.6 Å². The van der Waals surface area contributed by atoms with Gasteiger partial charge in [0.15, 0.2) is 5.78 Å². The predicted molar refractivity (Wildman–Crippen MR) is 117 cm³/mol. The van der Waals surface area contributed by atoms with Crippen molar-refractivity contribution in [2.24, 2.45) is 5.92 Å². The summed E-state index contributed by atoms with van der Waals surface area (Å²) in [4.78, 5) is 13.0. The number of Topliss-reactive ketones (excluding diaryl/α,β-unsaturated/α-hetero) is 1. The molecule has 1 spiro atoms. The number of benzene rings is 3. The maximum atomic E-state index is 13.5. The molecule has 3 aromatic rings. The minimum Gasteiger partial charge on any atom is -0.294 e. The lowest BCUT2D eigenvalue weighted by Gasteiger charge is -2.51. The van der Waals surface area contributed by atoms with Crippen molar-refractivity contribution in [3.63, 3.8) is 0 Å². The molecule has 5 heteroatoms. The number of hydrogen-bond acceptors (Lipinski definition) is 3. The lowest BCUT2D eigenvalue weighted by atomic mass is 9.59. The van der Waals surface area contributed by atoms with Gasteiger partial charge in [-0.25, -0.2) is 12.7 Å². The molecule has 1 heterocycles. The van der Waals surface area contributed by atoms with Gasteiger partial charge in [-0.2, -0.15) is 0 Å². The van der Waals surface area contributed by atoms with E-state index >= 15 is 0 Å². The first-order chi connectivity index (χ1) is 14.5. The molecule has 0 radical (unpaired) electrons. The zero-order valence-corrected chi connectivity index (χ0v) is 17.0. The molecule has 0 aromatic heterocycles. The van der Waals surface area contributed by atoms with Crippen molar-refractivity contribution < 1.29 is 13.2 Å². The zero-order chi connectivity index (χ0) is 20.5. The van der Waals surface area contributed by atoms with Gasteiger partial charge in [0.1, 0.15) is 0 Å². The van der Waals surface area contributed by atoms with Crippen LogP contribution in [0.2, 0.25) is 0 Å². The third-order valence-electron chi connectivity index (χ3n) is 6.68. The molecule has 148 valence electrons. The topological polar surface area (TPSA) is 54.5 Å². The summed E-state index contributed by atoms with van der Waals surface area (Å²) in [5.41, 5.74) is 4.42. The van der Waals surface area contributed by atoms with Gasteiger partial charge in [0.2, 0.25) is 10.0 Å². The number of fused-ring (bicyclic) bond motifs is 2. The molecule has 0 saturated carbocycles. The molecule has 2 atom stereocenters. The van der Waals surface area contributed by atoms with Gasteiger partial charge in [-0.3, -0.25) is 4.79 Å². The lowest BCUT2D eigenvalue weighted by Crippen LogP contribution is -2.56. The second-order valence-electron chi connectivity index (χ2n) is 8.17. The summed E-state index contributed by atoms with van der Waals surface area (Å²) in [5.74, 6) is -0.374. The number of sulfonamides is 1. The molecule has 0 amide bonds. The number of allylic oxidation sites excluding steroid dienone is 1. The van der Waals surface area contributed by atoms with E-state index in [1.54, 1.807) is 0 Å². The number of para-hydroxylation sites is 1. The Morgan fingerprint density at radius 2 is 1.50 bits per heavy atom. The summed E-state index contributed by atoms with van der Waals surface area (Å²) in [7, 11) is -3.64. The van der Waals surface area contributed by atoms with Crippen LogP contribution in [0.25, 0.3) is 6.08 Å². The highest BCUT2D eigenvalue weighted by Crippen LogP contribution is 2.60. The SMILES string of the molecule is O=C1C[C@H]2CS(=O)(=O)N(c3ccccc3)C3=Cc4ccccc4[C@@]32c2ccccc21. The summed E-state index contributed by atoms with van der Waals surface area (Å²) in [5, 5.41) is 0. The Kier molecular flexibility index (Phi) is 3.49. The standard InChI is InChI=1S/C25H19NO3S/c27-23-15-18-16-30(28,29)26(19-9-2-1-3-10-19)24-14-17-8-4-6-12-21(17)25(18,24)22-13-7-5-11-20(22)23/h1-14,18H,15-16H2/t18-,25-/m0/s1. The number of nitrogens with zero attached hydrogens (tertiary/aromatic N) is 1. The van der Waals surface area contributed by atoms with Gasteiger partial charge in [0, 0.05) is 17.9 Å². The van der Waals surface area contributed by atoms with E-state index in [1.807, 2.05) is 78.9 Å².